The highest BCUT2D eigenvalue weighted by molar-refractivity contribution is 5.88. The van der Waals surface area contributed by atoms with Crippen molar-refractivity contribution >= 4 is 5.97 Å². The van der Waals surface area contributed by atoms with Gasteiger partial charge in [0.25, 0.3) is 0 Å². The van der Waals surface area contributed by atoms with E-state index in [1.54, 1.807) is 0 Å². The molecule has 3 rings (SSSR count). The zero-order chi connectivity index (χ0) is 16.9. The minimum absolute atomic E-state index is 0.0760. The van der Waals surface area contributed by atoms with E-state index in [1.807, 2.05) is 6.07 Å². The molecule has 1 aromatic rings. The number of ether oxygens (including phenoxy) is 3. The van der Waals surface area contributed by atoms with Gasteiger partial charge in [0.15, 0.2) is 5.79 Å². The number of methoxy groups -OCH3 is 1. The van der Waals surface area contributed by atoms with E-state index in [-0.39, 0.29) is 11.2 Å². The molecule has 0 unspecified atom stereocenters. The summed E-state index contributed by atoms with van der Waals surface area (Å²) < 4.78 is 16.3. The van der Waals surface area contributed by atoms with Crippen LogP contribution in [0.1, 0.15) is 44.1 Å². The van der Waals surface area contributed by atoms with E-state index in [0.29, 0.717) is 19.6 Å². The van der Waals surface area contributed by atoms with Gasteiger partial charge in [-0.3, -0.25) is 0 Å². The van der Waals surface area contributed by atoms with Crippen LogP contribution in [0, 0.1) is 11.8 Å². The molecule has 4 nitrogen and oxygen atoms in total. The average Bonchev–Trinajstić information content (AvgIpc) is 3.09. The Morgan fingerprint density at radius 3 is 2.42 bits per heavy atom. The maximum Gasteiger partial charge on any atom is 0.384 e. The molecule has 24 heavy (non-hydrogen) atoms. The molecule has 1 aromatic carbocycles. The Bertz CT molecular complexity index is 610. The Balaban J connectivity index is 1.73. The summed E-state index contributed by atoms with van der Waals surface area (Å²) in [5.41, 5.74) is 1.42. The van der Waals surface area contributed by atoms with Crippen LogP contribution in [0.3, 0.4) is 0 Å². The van der Waals surface area contributed by atoms with Crippen molar-refractivity contribution in [1.82, 2.24) is 0 Å². The van der Waals surface area contributed by atoms with Crippen LogP contribution in [0.5, 0.6) is 0 Å². The zero-order valence-corrected chi connectivity index (χ0v) is 14.2. The van der Waals surface area contributed by atoms with Gasteiger partial charge in [-0.15, -0.1) is 0 Å². The first-order valence-electron chi connectivity index (χ1n) is 8.58. The molecule has 1 aliphatic heterocycles. The molecular formula is C20H24O4. The Morgan fingerprint density at radius 2 is 1.79 bits per heavy atom. The molecule has 0 amide bonds. The molecule has 4 heteroatoms. The normalized spacial score (nSPS) is 21.0. The standard InChI is InChI=1S/C20H24O4/c1-22-18(21)9-5-6-10-19(17-7-3-2-4-8-17)11-13-20(14-12-19)23-15-16-24-20/h2-4,7-8H,6,10-16H2,1H3. The molecule has 1 saturated heterocycles. The summed E-state index contributed by atoms with van der Waals surface area (Å²) in [5.74, 6) is 4.64. The molecule has 2 fully saturated rings. The van der Waals surface area contributed by atoms with Crippen molar-refractivity contribution in [1.29, 1.82) is 0 Å². The summed E-state index contributed by atoms with van der Waals surface area (Å²) in [5, 5.41) is 0. The van der Waals surface area contributed by atoms with Crippen molar-refractivity contribution in [3.8, 4) is 11.8 Å². The zero-order valence-electron chi connectivity index (χ0n) is 14.2. The minimum Gasteiger partial charge on any atom is -0.459 e. The van der Waals surface area contributed by atoms with Gasteiger partial charge in [0.05, 0.1) is 20.3 Å². The van der Waals surface area contributed by atoms with Gasteiger partial charge < -0.3 is 14.2 Å². The lowest BCUT2D eigenvalue weighted by Gasteiger charge is -2.44. The van der Waals surface area contributed by atoms with Crippen molar-refractivity contribution in [3.63, 3.8) is 0 Å². The Morgan fingerprint density at radius 1 is 1.12 bits per heavy atom. The predicted molar refractivity (Wildman–Crippen MR) is 90.2 cm³/mol. The third-order valence-electron chi connectivity index (χ3n) is 5.27. The number of hydrogen-bond acceptors (Lipinski definition) is 4. The van der Waals surface area contributed by atoms with Crippen molar-refractivity contribution in [3.05, 3.63) is 35.9 Å². The molecule has 0 aromatic heterocycles. The fourth-order valence-corrected chi connectivity index (χ4v) is 3.86. The largest absolute Gasteiger partial charge is 0.459 e. The monoisotopic (exact) mass is 328 g/mol. The maximum absolute atomic E-state index is 11.2. The van der Waals surface area contributed by atoms with Crippen LogP contribution in [-0.2, 0) is 24.4 Å². The summed E-state index contributed by atoms with van der Waals surface area (Å²) in [6.07, 6.45) is 5.45. The molecular weight excluding hydrogens is 304 g/mol. The predicted octanol–water partition coefficient (Wildman–Crippen LogP) is 3.20. The third-order valence-corrected chi connectivity index (χ3v) is 5.27. The molecule has 2 aliphatic rings. The van der Waals surface area contributed by atoms with Gasteiger partial charge >= 0.3 is 5.97 Å². The Kier molecular flexibility index (Phi) is 5.23. The fraction of sp³-hybridized carbons (Fsp3) is 0.550. The second kappa shape index (κ2) is 7.38. The summed E-state index contributed by atoms with van der Waals surface area (Å²) >= 11 is 0. The first kappa shape index (κ1) is 17.0. The second-order valence-electron chi connectivity index (χ2n) is 6.55. The van der Waals surface area contributed by atoms with Gasteiger partial charge in [0, 0.05) is 25.2 Å². The highest BCUT2D eigenvalue weighted by Crippen LogP contribution is 2.48. The van der Waals surface area contributed by atoms with Crippen LogP contribution in [0.2, 0.25) is 0 Å². The molecule has 128 valence electrons. The lowest BCUT2D eigenvalue weighted by molar-refractivity contribution is -0.185. The van der Waals surface area contributed by atoms with Crippen LogP contribution in [0.15, 0.2) is 30.3 Å². The van der Waals surface area contributed by atoms with Crippen LogP contribution in [0.4, 0.5) is 0 Å². The molecule has 1 heterocycles. The molecule has 0 atom stereocenters. The van der Waals surface area contributed by atoms with Crippen molar-refractivity contribution in [2.45, 2.75) is 49.7 Å². The summed E-state index contributed by atoms with van der Waals surface area (Å²) in [6, 6.07) is 10.6. The summed E-state index contributed by atoms with van der Waals surface area (Å²) in [7, 11) is 1.35. The number of carbonyl (C=O) groups excluding carboxylic acids is 1. The first-order chi connectivity index (χ1) is 11.7. The van der Waals surface area contributed by atoms with E-state index in [4.69, 9.17) is 9.47 Å². The fourth-order valence-electron chi connectivity index (χ4n) is 3.86. The van der Waals surface area contributed by atoms with Gasteiger partial charge in [-0.2, -0.15) is 0 Å². The Hall–Kier alpha value is -1.83. The maximum atomic E-state index is 11.2. The van der Waals surface area contributed by atoms with Crippen molar-refractivity contribution in [2.24, 2.45) is 0 Å². The topological polar surface area (TPSA) is 44.8 Å². The number of rotatable bonds is 3. The molecule has 0 bridgehead atoms. The van der Waals surface area contributed by atoms with E-state index in [1.165, 1.54) is 12.7 Å². The Labute approximate surface area is 143 Å². The third kappa shape index (κ3) is 3.63. The van der Waals surface area contributed by atoms with Gasteiger partial charge in [-0.25, -0.2) is 4.79 Å². The number of esters is 1. The molecule has 1 saturated carbocycles. The molecule has 0 radical (unpaired) electrons. The minimum atomic E-state index is -0.473. The molecule has 0 N–H and O–H groups in total. The van der Waals surface area contributed by atoms with Crippen LogP contribution in [-0.4, -0.2) is 32.1 Å². The van der Waals surface area contributed by atoms with Crippen LogP contribution < -0.4 is 0 Å². The second-order valence-corrected chi connectivity index (χ2v) is 6.55. The van der Waals surface area contributed by atoms with Crippen molar-refractivity contribution in [2.75, 3.05) is 20.3 Å². The van der Waals surface area contributed by atoms with Crippen LogP contribution in [0.25, 0.3) is 0 Å². The van der Waals surface area contributed by atoms with E-state index in [9.17, 15) is 4.79 Å². The van der Waals surface area contributed by atoms with Gasteiger partial charge in [0.1, 0.15) is 0 Å². The smallest absolute Gasteiger partial charge is 0.384 e. The lowest BCUT2D eigenvalue weighted by Crippen LogP contribution is -2.42. The number of carbonyl (C=O) groups is 1. The first-order valence-corrected chi connectivity index (χ1v) is 8.58. The lowest BCUT2D eigenvalue weighted by atomic mass is 9.65. The van der Waals surface area contributed by atoms with Gasteiger partial charge in [0.2, 0.25) is 0 Å². The van der Waals surface area contributed by atoms with E-state index in [2.05, 4.69) is 40.8 Å². The highest BCUT2D eigenvalue weighted by atomic mass is 16.7. The highest BCUT2D eigenvalue weighted by Gasteiger charge is 2.46. The summed E-state index contributed by atoms with van der Waals surface area (Å²) in [4.78, 5) is 11.2. The van der Waals surface area contributed by atoms with Crippen molar-refractivity contribution < 1.29 is 19.0 Å². The number of benzene rings is 1. The number of hydrogen-bond donors (Lipinski definition) is 0. The van der Waals surface area contributed by atoms with Gasteiger partial charge in [-0.1, -0.05) is 36.3 Å². The van der Waals surface area contributed by atoms with E-state index in [0.717, 1.165) is 32.1 Å². The van der Waals surface area contributed by atoms with Crippen LogP contribution >= 0.6 is 0 Å². The van der Waals surface area contributed by atoms with Gasteiger partial charge in [-0.05, 0) is 30.2 Å². The summed E-state index contributed by atoms with van der Waals surface area (Å²) in [6.45, 7) is 1.39. The average molecular weight is 328 g/mol. The molecule has 1 spiro atoms. The SMILES string of the molecule is COC(=O)C#CCCC1(c2ccccc2)CCC2(CC1)OCCO2. The van der Waals surface area contributed by atoms with E-state index >= 15 is 0 Å². The quantitative estimate of drug-likeness (QED) is 0.486. The molecule has 1 aliphatic carbocycles. The van der Waals surface area contributed by atoms with E-state index < -0.39 is 5.97 Å².